The van der Waals surface area contributed by atoms with Crippen LogP contribution in [0, 0.1) is 6.92 Å². The van der Waals surface area contributed by atoms with Crippen molar-refractivity contribution in [1.29, 1.82) is 0 Å². The molecule has 27 heavy (non-hydrogen) atoms. The molecule has 142 valence electrons. The lowest BCUT2D eigenvalue weighted by Gasteiger charge is -2.16. The summed E-state index contributed by atoms with van der Waals surface area (Å²) in [5, 5.41) is 1.91. The van der Waals surface area contributed by atoms with Crippen molar-refractivity contribution in [3.8, 4) is 10.8 Å². The van der Waals surface area contributed by atoms with E-state index in [2.05, 4.69) is 4.98 Å². The number of hydrogen-bond acceptors (Lipinski definition) is 7. The average Bonchev–Trinajstić information content (AvgIpc) is 3.31. The third-order valence-corrected chi connectivity index (χ3v) is 6.42. The Bertz CT molecular complexity index is 1010. The molecule has 0 saturated carbocycles. The zero-order valence-electron chi connectivity index (χ0n) is 14.8. The van der Waals surface area contributed by atoms with Gasteiger partial charge in [0.25, 0.3) is 0 Å². The number of hydrogen-bond donors (Lipinski definition) is 0. The molecule has 0 spiro atoms. The highest BCUT2D eigenvalue weighted by atomic mass is 32.2. The number of carbonyl (C=O) groups excluding carboxylic acids is 1. The van der Waals surface area contributed by atoms with Gasteiger partial charge in [0.1, 0.15) is 25.1 Å². The van der Waals surface area contributed by atoms with E-state index in [1.54, 1.807) is 12.1 Å². The van der Waals surface area contributed by atoms with Crippen LogP contribution in [0.3, 0.4) is 0 Å². The molecule has 0 atom stereocenters. The Kier molecular flexibility index (Phi) is 5.73. The molecule has 0 fully saturated rings. The van der Waals surface area contributed by atoms with Crippen LogP contribution in [-0.4, -0.2) is 37.3 Å². The van der Waals surface area contributed by atoms with Crippen molar-refractivity contribution < 1.29 is 22.4 Å². The first-order valence-electron chi connectivity index (χ1n) is 8.03. The molecule has 7 nitrogen and oxygen atoms in total. The predicted octanol–water partition coefficient (Wildman–Crippen LogP) is 3.08. The fourth-order valence-corrected chi connectivity index (χ4v) is 4.01. The van der Waals surface area contributed by atoms with E-state index in [1.807, 2.05) is 24.4 Å². The molecule has 0 bridgehead atoms. The van der Waals surface area contributed by atoms with E-state index >= 15 is 0 Å². The lowest BCUT2D eigenvalue weighted by Crippen LogP contribution is -2.33. The number of thiophene rings is 1. The largest absolute Gasteiger partial charge is 0.458 e. The summed E-state index contributed by atoms with van der Waals surface area (Å²) >= 11 is 1.49. The van der Waals surface area contributed by atoms with Gasteiger partial charge in [-0.1, -0.05) is 23.8 Å². The Morgan fingerprint density at radius 1 is 1.26 bits per heavy atom. The van der Waals surface area contributed by atoms with Crippen LogP contribution in [0.2, 0.25) is 0 Å². The van der Waals surface area contributed by atoms with Gasteiger partial charge in [0.2, 0.25) is 15.9 Å². The predicted molar refractivity (Wildman–Crippen MR) is 101 cm³/mol. The second kappa shape index (κ2) is 8.03. The van der Waals surface area contributed by atoms with Crippen molar-refractivity contribution in [3.63, 3.8) is 0 Å². The molecule has 0 amide bonds. The number of rotatable bonds is 7. The van der Waals surface area contributed by atoms with Crippen molar-refractivity contribution in [3.05, 3.63) is 59.3 Å². The van der Waals surface area contributed by atoms with Gasteiger partial charge < -0.3 is 9.15 Å². The molecule has 0 radical (unpaired) electrons. The van der Waals surface area contributed by atoms with Crippen LogP contribution in [0.15, 0.2) is 57.4 Å². The molecular weight excluding hydrogens is 388 g/mol. The number of ether oxygens (including phenoxy) is 1. The molecule has 0 aliphatic rings. The van der Waals surface area contributed by atoms with E-state index in [0.717, 1.165) is 14.7 Å². The van der Waals surface area contributed by atoms with E-state index in [-0.39, 0.29) is 11.5 Å². The molecule has 3 aromatic rings. The smallest absolute Gasteiger partial charge is 0.321 e. The Labute approximate surface area is 161 Å². The SMILES string of the molecule is Cc1ccc(S(=O)(=O)N(C)CC(=O)OCc2coc(-c3cccs3)n2)cc1. The van der Waals surface area contributed by atoms with E-state index in [0.29, 0.717) is 11.6 Å². The number of nitrogens with zero attached hydrogens (tertiary/aromatic N) is 2. The minimum Gasteiger partial charge on any atom is -0.458 e. The average molecular weight is 406 g/mol. The van der Waals surface area contributed by atoms with Crippen molar-refractivity contribution >= 4 is 27.3 Å². The monoisotopic (exact) mass is 406 g/mol. The molecule has 2 aromatic heterocycles. The van der Waals surface area contributed by atoms with Crippen molar-refractivity contribution in [1.82, 2.24) is 9.29 Å². The van der Waals surface area contributed by atoms with E-state index in [4.69, 9.17) is 9.15 Å². The number of aryl methyl sites for hydroxylation is 1. The number of aromatic nitrogens is 1. The molecule has 0 aliphatic heterocycles. The normalized spacial score (nSPS) is 11.7. The molecular formula is C18H18N2O5S2. The number of sulfonamides is 1. The molecule has 2 heterocycles. The first kappa shape index (κ1) is 19.3. The first-order valence-corrected chi connectivity index (χ1v) is 10.3. The summed E-state index contributed by atoms with van der Waals surface area (Å²) < 4.78 is 36.4. The fraction of sp³-hybridized carbons (Fsp3) is 0.222. The Morgan fingerprint density at radius 2 is 2.00 bits per heavy atom. The zero-order valence-corrected chi connectivity index (χ0v) is 16.4. The fourth-order valence-electron chi connectivity index (χ4n) is 2.24. The summed E-state index contributed by atoms with van der Waals surface area (Å²) in [5.74, 6) is -0.219. The highest BCUT2D eigenvalue weighted by Gasteiger charge is 2.23. The number of carbonyl (C=O) groups is 1. The summed E-state index contributed by atoms with van der Waals surface area (Å²) in [5.41, 5.74) is 1.40. The second-order valence-corrected chi connectivity index (χ2v) is 8.85. The highest BCUT2D eigenvalue weighted by molar-refractivity contribution is 7.89. The quantitative estimate of drug-likeness (QED) is 0.560. The summed E-state index contributed by atoms with van der Waals surface area (Å²) in [6.07, 6.45) is 1.41. The molecule has 1 aromatic carbocycles. The van der Waals surface area contributed by atoms with Crippen LogP contribution in [0.25, 0.3) is 10.8 Å². The van der Waals surface area contributed by atoms with Crippen LogP contribution in [-0.2, 0) is 26.2 Å². The molecule has 9 heteroatoms. The lowest BCUT2D eigenvalue weighted by atomic mass is 10.2. The highest BCUT2D eigenvalue weighted by Crippen LogP contribution is 2.23. The van der Waals surface area contributed by atoms with Crippen LogP contribution < -0.4 is 0 Å². The topological polar surface area (TPSA) is 89.7 Å². The standard InChI is InChI=1S/C18H18N2O5S2/c1-13-5-7-15(8-6-13)27(22,23)20(2)10-17(21)24-11-14-12-25-18(19-14)16-4-3-9-26-16/h3-9,12H,10-11H2,1-2H3. The van der Waals surface area contributed by atoms with Crippen LogP contribution in [0.1, 0.15) is 11.3 Å². The maximum absolute atomic E-state index is 12.5. The Balaban J connectivity index is 1.56. The number of benzene rings is 1. The van der Waals surface area contributed by atoms with E-state index in [1.165, 1.54) is 36.8 Å². The van der Waals surface area contributed by atoms with Gasteiger partial charge in [-0.3, -0.25) is 4.79 Å². The number of oxazole rings is 1. The van der Waals surface area contributed by atoms with Crippen molar-refractivity contribution in [2.75, 3.05) is 13.6 Å². The van der Waals surface area contributed by atoms with Gasteiger partial charge >= 0.3 is 5.97 Å². The summed E-state index contributed by atoms with van der Waals surface area (Å²) in [7, 11) is -2.42. The van der Waals surface area contributed by atoms with Gasteiger partial charge in [-0.2, -0.15) is 4.31 Å². The van der Waals surface area contributed by atoms with Gasteiger partial charge in [-0.05, 0) is 30.5 Å². The lowest BCUT2D eigenvalue weighted by molar-refractivity contribution is -0.145. The van der Waals surface area contributed by atoms with Gasteiger partial charge in [0.05, 0.1) is 9.77 Å². The summed E-state index contributed by atoms with van der Waals surface area (Å²) in [4.78, 5) is 17.2. The molecule has 0 unspecified atom stereocenters. The molecule has 3 rings (SSSR count). The Hall–Kier alpha value is -2.49. The van der Waals surface area contributed by atoms with Crippen molar-refractivity contribution in [2.45, 2.75) is 18.4 Å². The van der Waals surface area contributed by atoms with Gasteiger partial charge in [0, 0.05) is 7.05 Å². The molecule has 0 aliphatic carbocycles. The minimum absolute atomic E-state index is 0.0911. The van der Waals surface area contributed by atoms with Gasteiger partial charge in [-0.25, -0.2) is 13.4 Å². The van der Waals surface area contributed by atoms with Crippen LogP contribution in [0.5, 0.6) is 0 Å². The van der Waals surface area contributed by atoms with E-state index < -0.39 is 22.5 Å². The van der Waals surface area contributed by atoms with E-state index in [9.17, 15) is 13.2 Å². The maximum atomic E-state index is 12.5. The number of esters is 1. The van der Waals surface area contributed by atoms with Crippen molar-refractivity contribution in [2.24, 2.45) is 0 Å². The maximum Gasteiger partial charge on any atom is 0.321 e. The Morgan fingerprint density at radius 3 is 2.67 bits per heavy atom. The summed E-state index contributed by atoms with van der Waals surface area (Å²) in [6.45, 7) is 1.38. The first-order chi connectivity index (χ1) is 12.9. The zero-order chi connectivity index (χ0) is 19.4. The van der Waals surface area contributed by atoms with Crippen LogP contribution >= 0.6 is 11.3 Å². The second-order valence-electron chi connectivity index (χ2n) is 5.86. The van der Waals surface area contributed by atoms with Gasteiger partial charge in [-0.15, -0.1) is 11.3 Å². The van der Waals surface area contributed by atoms with Crippen LogP contribution in [0.4, 0.5) is 0 Å². The third-order valence-electron chi connectivity index (χ3n) is 3.75. The van der Waals surface area contributed by atoms with Gasteiger partial charge in [0.15, 0.2) is 0 Å². The molecule has 0 saturated heterocycles. The molecule has 0 N–H and O–H groups in total. The third kappa shape index (κ3) is 4.62. The number of likely N-dealkylation sites (N-methyl/N-ethyl adjacent to an activating group) is 1. The minimum atomic E-state index is -3.76. The summed E-state index contributed by atoms with van der Waals surface area (Å²) in [6, 6.07) is 10.2.